The second kappa shape index (κ2) is 10.7. The second-order valence-electron chi connectivity index (χ2n) is 8.92. The van der Waals surface area contributed by atoms with Gasteiger partial charge in [0, 0.05) is 11.9 Å². The minimum absolute atomic E-state index is 0.00521. The summed E-state index contributed by atoms with van der Waals surface area (Å²) in [5.74, 6) is -0.881. The first-order chi connectivity index (χ1) is 17.2. The molecule has 1 aliphatic heterocycles. The molecule has 0 aliphatic carbocycles. The maximum atomic E-state index is 12.0. The number of aromatic nitrogens is 2. The molecule has 4 rings (SSSR count). The fourth-order valence-electron chi connectivity index (χ4n) is 4.13. The molecule has 0 radical (unpaired) electrons. The van der Waals surface area contributed by atoms with Crippen molar-refractivity contribution in [1.29, 1.82) is 0 Å². The fourth-order valence-corrected chi connectivity index (χ4v) is 6.87. The van der Waals surface area contributed by atoms with Gasteiger partial charge in [-0.3, -0.25) is 9.13 Å². The Balaban J connectivity index is 1.54. The number of rotatable bonds is 9. The molecule has 6 N–H and O–H groups in total. The number of nitrogens with zero attached hydrogens (tertiary/aromatic N) is 2. The molecule has 1 unspecified atom stereocenters. The molecule has 5 atom stereocenters. The fraction of sp³-hybridized carbons (Fsp3) is 0.364. The van der Waals surface area contributed by atoms with E-state index in [4.69, 9.17) is 30.6 Å². The summed E-state index contributed by atoms with van der Waals surface area (Å²) in [6.45, 7) is 1.15. The predicted octanol–water partition coefficient (Wildman–Crippen LogP) is 2.78. The summed E-state index contributed by atoms with van der Waals surface area (Å²) in [7, 11) is -9.50. The molecule has 15 heteroatoms. The van der Waals surface area contributed by atoms with Gasteiger partial charge in [0.15, 0.2) is 5.90 Å². The van der Waals surface area contributed by atoms with Crippen LogP contribution in [0.1, 0.15) is 24.2 Å². The van der Waals surface area contributed by atoms with Crippen LogP contribution in [0.3, 0.4) is 0 Å². The van der Waals surface area contributed by atoms with Crippen LogP contribution in [0.25, 0.3) is 10.9 Å². The number of halogens is 1. The van der Waals surface area contributed by atoms with Gasteiger partial charge in [0.25, 0.3) is 0 Å². The molecule has 1 saturated heterocycles. The van der Waals surface area contributed by atoms with E-state index in [1.807, 2.05) is 30.3 Å². The minimum atomic E-state index is -4.82. The van der Waals surface area contributed by atoms with E-state index in [0.29, 0.717) is 28.8 Å². The Morgan fingerprint density at radius 2 is 1.84 bits per heavy atom. The highest BCUT2D eigenvalue weighted by atomic mass is 35.5. The van der Waals surface area contributed by atoms with Gasteiger partial charge in [-0.15, -0.1) is 0 Å². The van der Waals surface area contributed by atoms with Crippen molar-refractivity contribution in [3.05, 3.63) is 64.9 Å². The number of ether oxygens (including phenoxy) is 1. The average molecular weight is 574 g/mol. The first-order valence-corrected chi connectivity index (χ1v) is 15.0. The smallest absolute Gasteiger partial charge is 0.340 e. The normalized spacial score (nSPS) is 25.8. The van der Waals surface area contributed by atoms with Crippen molar-refractivity contribution in [3.8, 4) is 0 Å². The summed E-state index contributed by atoms with van der Waals surface area (Å²) < 4.78 is 33.6. The molecule has 0 saturated carbocycles. The Morgan fingerprint density at radius 3 is 2.51 bits per heavy atom. The van der Waals surface area contributed by atoms with Gasteiger partial charge in [-0.25, -0.2) is 9.97 Å². The van der Waals surface area contributed by atoms with Gasteiger partial charge in [-0.2, -0.15) is 0 Å². The molecule has 37 heavy (non-hydrogen) atoms. The molecule has 2 aromatic carbocycles. The highest BCUT2D eigenvalue weighted by Gasteiger charge is 2.53. The first kappa shape index (κ1) is 28.1. The maximum Gasteiger partial charge on any atom is 0.340 e. The van der Waals surface area contributed by atoms with E-state index in [-0.39, 0.29) is 5.28 Å². The number of aliphatic hydroxyl groups is 2. The van der Waals surface area contributed by atoms with Crippen LogP contribution in [0.5, 0.6) is 0 Å². The Morgan fingerprint density at radius 1 is 1.14 bits per heavy atom. The third-order valence-electron chi connectivity index (χ3n) is 5.90. The van der Waals surface area contributed by atoms with Crippen LogP contribution in [0.2, 0.25) is 5.28 Å². The lowest BCUT2D eigenvalue weighted by Gasteiger charge is -2.27. The van der Waals surface area contributed by atoms with Crippen molar-refractivity contribution in [2.24, 2.45) is 0 Å². The Bertz CT molecular complexity index is 1370. The zero-order chi connectivity index (χ0) is 27.0. The molecule has 0 amide bonds. The monoisotopic (exact) mass is 573 g/mol. The van der Waals surface area contributed by atoms with Crippen LogP contribution >= 0.6 is 26.8 Å². The number of anilines is 1. The molecule has 12 nitrogen and oxygen atoms in total. The standard InChI is InChI=1S/C22H26ClN3O9P2/c1-22(28)18(27)17(11-34-37(32,33)12-36(29,30)31)35-19(22)14-7-8-15-16(9-14)25-21(23)26-20(15)24-10-13-5-3-2-4-6-13/h2-9,17-19,27-28H,10-12H2,1H3,(H,32,33)(H,24,25,26)(H2,29,30,31)/t17-,18-,19+,22-/m1/s1. The van der Waals surface area contributed by atoms with Crippen LogP contribution in [-0.4, -0.2) is 65.2 Å². The molecular formula is C22H26ClN3O9P2. The molecule has 1 aromatic heterocycles. The van der Waals surface area contributed by atoms with Crippen molar-refractivity contribution in [1.82, 2.24) is 9.97 Å². The minimum Gasteiger partial charge on any atom is -0.387 e. The number of hydrogen-bond donors (Lipinski definition) is 6. The van der Waals surface area contributed by atoms with Gasteiger partial charge in [-0.1, -0.05) is 36.4 Å². The SMILES string of the molecule is C[C@@]1(O)[C@H](O)[C@@H](COP(=O)(O)CP(=O)(O)O)O[C@H]1c1ccc2c(NCc3ccccc3)nc(Cl)nc2c1. The first-order valence-electron chi connectivity index (χ1n) is 11.1. The maximum absolute atomic E-state index is 12.0. The van der Waals surface area contributed by atoms with E-state index in [1.165, 1.54) is 6.92 Å². The van der Waals surface area contributed by atoms with E-state index in [9.17, 15) is 24.2 Å². The quantitative estimate of drug-likeness (QED) is 0.162. The number of benzene rings is 2. The van der Waals surface area contributed by atoms with Gasteiger partial charge in [0.05, 0.1) is 12.1 Å². The molecule has 1 aliphatic rings. The molecule has 3 aromatic rings. The molecule has 1 fully saturated rings. The zero-order valence-corrected chi connectivity index (χ0v) is 22.1. The summed E-state index contributed by atoms with van der Waals surface area (Å²) >= 11 is 6.14. The topological polar surface area (TPSA) is 192 Å². The third kappa shape index (κ3) is 6.74. The molecule has 0 spiro atoms. The summed E-state index contributed by atoms with van der Waals surface area (Å²) in [6, 6.07) is 14.7. The number of aliphatic hydroxyl groups excluding tert-OH is 1. The predicted molar refractivity (Wildman–Crippen MR) is 135 cm³/mol. The van der Waals surface area contributed by atoms with Crippen LogP contribution in [0, 0.1) is 0 Å². The lowest BCUT2D eigenvalue weighted by atomic mass is 9.88. The van der Waals surface area contributed by atoms with Crippen molar-refractivity contribution in [3.63, 3.8) is 0 Å². The van der Waals surface area contributed by atoms with Gasteiger partial charge >= 0.3 is 15.2 Å². The van der Waals surface area contributed by atoms with Crippen LogP contribution < -0.4 is 5.32 Å². The van der Waals surface area contributed by atoms with E-state index in [2.05, 4.69) is 15.3 Å². The lowest BCUT2D eigenvalue weighted by molar-refractivity contribution is -0.0645. The number of nitrogens with one attached hydrogen (secondary N) is 1. The van der Waals surface area contributed by atoms with Gasteiger partial charge in [-0.05, 0) is 41.8 Å². The molecule has 200 valence electrons. The molecular weight excluding hydrogens is 548 g/mol. The molecule has 2 heterocycles. The van der Waals surface area contributed by atoms with E-state index >= 15 is 0 Å². The van der Waals surface area contributed by atoms with Gasteiger partial charge < -0.3 is 39.5 Å². The van der Waals surface area contributed by atoms with Crippen LogP contribution in [0.4, 0.5) is 5.82 Å². The highest BCUT2D eigenvalue weighted by molar-refractivity contribution is 7.70. The summed E-state index contributed by atoms with van der Waals surface area (Å²) in [5, 5.41) is 25.5. The second-order valence-corrected chi connectivity index (χ2v) is 13.3. The largest absolute Gasteiger partial charge is 0.387 e. The summed E-state index contributed by atoms with van der Waals surface area (Å²) in [5.41, 5.74) is 0.0801. The zero-order valence-electron chi connectivity index (χ0n) is 19.5. The Kier molecular flexibility index (Phi) is 8.09. The Labute approximate surface area is 217 Å². The van der Waals surface area contributed by atoms with Crippen molar-refractivity contribution in [2.75, 3.05) is 17.8 Å². The number of fused-ring (bicyclic) bond motifs is 1. The summed E-state index contributed by atoms with van der Waals surface area (Å²) in [6.07, 6.45) is -3.89. The van der Waals surface area contributed by atoms with Crippen LogP contribution in [0.15, 0.2) is 48.5 Å². The van der Waals surface area contributed by atoms with Gasteiger partial charge in [0.2, 0.25) is 5.28 Å². The van der Waals surface area contributed by atoms with E-state index in [1.54, 1.807) is 18.2 Å². The third-order valence-corrected chi connectivity index (χ3v) is 9.52. The Hall–Kier alpha value is -1.95. The van der Waals surface area contributed by atoms with Crippen molar-refractivity contribution < 1.29 is 43.3 Å². The van der Waals surface area contributed by atoms with Crippen LogP contribution in [-0.2, 0) is 24.9 Å². The average Bonchev–Trinajstić information content (AvgIpc) is 3.03. The highest BCUT2D eigenvalue weighted by Crippen LogP contribution is 2.56. The van der Waals surface area contributed by atoms with Crippen molar-refractivity contribution in [2.45, 2.75) is 37.4 Å². The molecule has 0 bridgehead atoms. The number of hydrogen-bond acceptors (Lipinski definition) is 9. The lowest BCUT2D eigenvalue weighted by Crippen LogP contribution is -2.43. The van der Waals surface area contributed by atoms with Gasteiger partial charge in [0.1, 0.15) is 29.7 Å². The van der Waals surface area contributed by atoms with E-state index in [0.717, 1.165) is 5.56 Å². The van der Waals surface area contributed by atoms with Crippen molar-refractivity contribution >= 4 is 43.5 Å². The van der Waals surface area contributed by atoms with E-state index < -0.39 is 51.6 Å². The summed E-state index contributed by atoms with van der Waals surface area (Å²) in [4.78, 5) is 36.1.